The van der Waals surface area contributed by atoms with E-state index >= 15 is 0 Å². The summed E-state index contributed by atoms with van der Waals surface area (Å²) in [5.41, 5.74) is 1.91. The molecule has 0 aliphatic rings. The molecule has 0 atom stereocenters. The number of fused-ring (bicyclic) bond motifs is 1. The minimum absolute atomic E-state index is 0.217. The average Bonchev–Trinajstić information content (AvgIpc) is 3.28. The van der Waals surface area contributed by atoms with E-state index in [0.717, 1.165) is 27.7 Å². The van der Waals surface area contributed by atoms with Gasteiger partial charge in [-0.1, -0.05) is 48.5 Å². The van der Waals surface area contributed by atoms with E-state index in [0.29, 0.717) is 17.8 Å². The van der Waals surface area contributed by atoms with Gasteiger partial charge in [0.2, 0.25) is 0 Å². The van der Waals surface area contributed by atoms with Crippen LogP contribution in [0.4, 0.5) is 5.69 Å². The maximum absolute atomic E-state index is 12.5. The van der Waals surface area contributed by atoms with Gasteiger partial charge in [0.05, 0.1) is 0 Å². The molecule has 0 saturated heterocycles. The average molecular weight is 423 g/mol. The molecule has 0 radical (unpaired) electrons. The summed E-state index contributed by atoms with van der Waals surface area (Å²) < 4.78 is 27.3. The van der Waals surface area contributed by atoms with Gasteiger partial charge in [0.1, 0.15) is 4.21 Å². The minimum atomic E-state index is -3.60. The van der Waals surface area contributed by atoms with Gasteiger partial charge in [-0.3, -0.25) is 9.52 Å². The van der Waals surface area contributed by atoms with Crippen LogP contribution >= 0.6 is 11.3 Å². The smallest absolute Gasteiger partial charge is 0.271 e. The molecule has 1 heterocycles. The molecule has 0 spiro atoms. The second-order valence-electron chi connectivity index (χ2n) is 6.44. The number of rotatable bonds is 6. The molecule has 1 amide bonds. The Balaban J connectivity index is 1.43. The molecule has 0 fully saturated rings. The van der Waals surface area contributed by atoms with E-state index in [2.05, 4.69) is 10.0 Å². The number of carbonyl (C=O) groups excluding carboxylic acids is 1. The zero-order valence-corrected chi connectivity index (χ0v) is 17.0. The second-order valence-corrected chi connectivity index (χ2v) is 9.29. The molecule has 0 saturated carbocycles. The predicted molar refractivity (Wildman–Crippen MR) is 117 cm³/mol. The van der Waals surface area contributed by atoms with E-state index < -0.39 is 10.0 Å². The highest BCUT2D eigenvalue weighted by molar-refractivity contribution is 7.94. The Kier molecular flexibility index (Phi) is 5.33. The van der Waals surface area contributed by atoms with Crippen molar-refractivity contribution in [1.82, 2.24) is 5.32 Å². The fourth-order valence-corrected chi connectivity index (χ4v) is 5.09. The summed E-state index contributed by atoms with van der Waals surface area (Å²) in [6, 6.07) is 23.6. The molecular formula is C22H18N2O3S2. The topological polar surface area (TPSA) is 75.3 Å². The molecule has 3 aromatic carbocycles. The fourth-order valence-electron chi connectivity index (χ4n) is 3.04. The molecule has 1 aromatic heterocycles. The Morgan fingerprint density at radius 1 is 0.862 bits per heavy atom. The van der Waals surface area contributed by atoms with E-state index in [9.17, 15) is 13.2 Å². The zero-order chi connectivity index (χ0) is 20.3. The van der Waals surface area contributed by atoms with Gasteiger partial charge in [-0.05, 0) is 52.0 Å². The number of benzene rings is 3. The molecule has 0 unspecified atom stereocenters. The Hall–Kier alpha value is -3.16. The molecule has 0 aliphatic heterocycles. The van der Waals surface area contributed by atoms with Crippen LogP contribution in [0.1, 0.15) is 15.9 Å². The lowest BCUT2D eigenvalue weighted by Gasteiger charge is -2.10. The molecule has 146 valence electrons. The molecule has 29 heavy (non-hydrogen) atoms. The Labute approximate surface area is 173 Å². The molecule has 5 nitrogen and oxygen atoms in total. The number of hydrogen-bond acceptors (Lipinski definition) is 4. The highest BCUT2D eigenvalue weighted by Crippen LogP contribution is 2.21. The number of sulfonamides is 1. The third-order valence-corrected chi connectivity index (χ3v) is 7.26. The first-order chi connectivity index (χ1) is 14.0. The van der Waals surface area contributed by atoms with Crippen LogP contribution in [0, 0.1) is 0 Å². The maximum Gasteiger partial charge on any atom is 0.271 e. The molecule has 7 heteroatoms. The van der Waals surface area contributed by atoms with Crippen LogP contribution in [0.15, 0.2) is 88.5 Å². The van der Waals surface area contributed by atoms with Crippen LogP contribution in [-0.4, -0.2) is 14.3 Å². The van der Waals surface area contributed by atoms with Crippen molar-refractivity contribution >= 4 is 43.7 Å². The van der Waals surface area contributed by atoms with E-state index in [1.165, 1.54) is 0 Å². The van der Waals surface area contributed by atoms with Gasteiger partial charge in [-0.2, -0.15) is 0 Å². The van der Waals surface area contributed by atoms with E-state index in [1.807, 2.05) is 42.5 Å². The molecule has 0 bridgehead atoms. The molecule has 2 N–H and O–H groups in total. The second kappa shape index (κ2) is 8.06. The van der Waals surface area contributed by atoms with Crippen molar-refractivity contribution in [2.45, 2.75) is 10.8 Å². The van der Waals surface area contributed by atoms with Gasteiger partial charge in [-0.15, -0.1) is 11.3 Å². The first kappa shape index (κ1) is 19.2. The highest BCUT2D eigenvalue weighted by atomic mass is 32.2. The summed E-state index contributed by atoms with van der Waals surface area (Å²) in [6.07, 6.45) is 0. The summed E-state index contributed by atoms with van der Waals surface area (Å²) in [6.45, 7) is 0.410. The predicted octanol–water partition coefficient (Wildman–Crippen LogP) is 4.63. The van der Waals surface area contributed by atoms with Crippen LogP contribution < -0.4 is 10.0 Å². The normalized spacial score (nSPS) is 11.3. The molecular weight excluding hydrogens is 404 g/mol. The lowest BCUT2D eigenvalue weighted by Crippen LogP contribution is -2.22. The number of anilines is 1. The summed E-state index contributed by atoms with van der Waals surface area (Å²) in [5.74, 6) is -0.217. The van der Waals surface area contributed by atoms with Gasteiger partial charge in [0.25, 0.3) is 15.9 Å². The van der Waals surface area contributed by atoms with Crippen LogP contribution in [0.3, 0.4) is 0 Å². The van der Waals surface area contributed by atoms with Crippen molar-refractivity contribution < 1.29 is 13.2 Å². The van der Waals surface area contributed by atoms with E-state index in [4.69, 9.17) is 0 Å². The summed E-state index contributed by atoms with van der Waals surface area (Å²) in [7, 11) is -3.60. The maximum atomic E-state index is 12.5. The standard InChI is InChI=1S/C22H18N2O3S2/c25-22(23-15-18-7-3-6-16-5-1-2-8-20(16)18)17-10-12-19(13-11-17)24-29(26,27)21-9-4-14-28-21/h1-14,24H,15H2,(H,23,25). The van der Waals surface area contributed by atoms with E-state index in [1.54, 1.807) is 41.8 Å². The molecule has 0 aliphatic carbocycles. The number of hydrogen-bond donors (Lipinski definition) is 2. The third-order valence-electron chi connectivity index (χ3n) is 4.48. The van der Waals surface area contributed by atoms with Crippen molar-refractivity contribution in [3.63, 3.8) is 0 Å². The first-order valence-corrected chi connectivity index (χ1v) is 11.3. The summed E-state index contributed by atoms with van der Waals surface area (Å²) >= 11 is 1.15. The van der Waals surface area contributed by atoms with Crippen molar-refractivity contribution in [2.75, 3.05) is 4.72 Å². The Bertz CT molecular complexity index is 1240. The van der Waals surface area contributed by atoms with E-state index in [-0.39, 0.29) is 10.1 Å². The number of nitrogens with one attached hydrogen (secondary N) is 2. The zero-order valence-electron chi connectivity index (χ0n) is 15.3. The van der Waals surface area contributed by atoms with Gasteiger partial charge in [0, 0.05) is 17.8 Å². The largest absolute Gasteiger partial charge is 0.348 e. The van der Waals surface area contributed by atoms with Crippen LogP contribution in [0.5, 0.6) is 0 Å². The fraction of sp³-hybridized carbons (Fsp3) is 0.0455. The summed E-state index contributed by atoms with van der Waals surface area (Å²) in [4.78, 5) is 12.5. The highest BCUT2D eigenvalue weighted by Gasteiger charge is 2.15. The van der Waals surface area contributed by atoms with Gasteiger partial charge < -0.3 is 5.32 Å². The van der Waals surface area contributed by atoms with Crippen molar-refractivity contribution in [2.24, 2.45) is 0 Å². The number of amides is 1. The molecule has 4 rings (SSSR count). The minimum Gasteiger partial charge on any atom is -0.348 e. The quantitative estimate of drug-likeness (QED) is 0.476. The van der Waals surface area contributed by atoms with Gasteiger partial charge in [0.15, 0.2) is 0 Å². The first-order valence-electron chi connectivity index (χ1n) is 8.94. The number of thiophene rings is 1. The Morgan fingerprint density at radius 2 is 1.62 bits per heavy atom. The summed E-state index contributed by atoms with van der Waals surface area (Å²) in [5, 5.41) is 6.86. The van der Waals surface area contributed by atoms with Crippen molar-refractivity contribution in [3.05, 3.63) is 95.4 Å². The lowest BCUT2D eigenvalue weighted by molar-refractivity contribution is 0.0951. The Morgan fingerprint density at radius 3 is 2.38 bits per heavy atom. The monoisotopic (exact) mass is 422 g/mol. The lowest BCUT2D eigenvalue weighted by atomic mass is 10.0. The number of carbonyl (C=O) groups is 1. The van der Waals surface area contributed by atoms with Crippen LogP contribution in [-0.2, 0) is 16.6 Å². The molecule has 4 aromatic rings. The van der Waals surface area contributed by atoms with Crippen molar-refractivity contribution in [1.29, 1.82) is 0 Å². The van der Waals surface area contributed by atoms with Crippen molar-refractivity contribution in [3.8, 4) is 0 Å². The van der Waals surface area contributed by atoms with Crippen LogP contribution in [0.25, 0.3) is 10.8 Å². The van der Waals surface area contributed by atoms with Gasteiger partial charge >= 0.3 is 0 Å². The van der Waals surface area contributed by atoms with Crippen LogP contribution in [0.2, 0.25) is 0 Å². The third kappa shape index (κ3) is 4.31. The van der Waals surface area contributed by atoms with Gasteiger partial charge in [-0.25, -0.2) is 8.42 Å². The SMILES string of the molecule is O=C(NCc1cccc2ccccc12)c1ccc(NS(=O)(=O)c2cccs2)cc1.